The number of carbonyl (C=O) groups is 1. The largest absolute Gasteiger partial charge is 0.444 e. The number of amides is 1. The molecule has 0 aromatic heterocycles. The fraction of sp³-hybridized carbons (Fsp3) is 0.652. The van der Waals surface area contributed by atoms with Gasteiger partial charge >= 0.3 is 6.09 Å². The zero-order chi connectivity index (χ0) is 20.1. The molecule has 0 saturated heterocycles. The summed E-state index contributed by atoms with van der Waals surface area (Å²) < 4.78 is 5.20. The number of hydrogen-bond acceptors (Lipinski definition) is 3. The number of carbonyl (C=O) groups excluding carboxylic acids is 1. The van der Waals surface area contributed by atoms with E-state index in [1.807, 2.05) is 0 Å². The second-order valence-electron chi connectivity index (χ2n) is 8.20. The highest BCUT2D eigenvalue weighted by Crippen LogP contribution is 2.13. The molecule has 0 bridgehead atoms. The highest BCUT2D eigenvalue weighted by molar-refractivity contribution is 5.68. The summed E-state index contributed by atoms with van der Waals surface area (Å²) in [5.41, 5.74) is 2.00. The maximum absolute atomic E-state index is 11.8. The van der Waals surface area contributed by atoms with Crippen molar-refractivity contribution in [1.29, 1.82) is 5.26 Å². The number of nitriles is 1. The van der Waals surface area contributed by atoms with Crippen LogP contribution in [0.5, 0.6) is 0 Å². The summed E-state index contributed by atoms with van der Waals surface area (Å²) in [6, 6.07) is 10.2. The van der Waals surface area contributed by atoms with Crippen molar-refractivity contribution in [2.24, 2.45) is 0 Å². The standard InChI is InChI=1S/C23H36N2O2/c1-5-6-7-8-9-10-11-19-12-14-20(15-13-19)16-17-21(18-24)25-22(26)27-23(2,3)4/h12-15,21H,5-11,16-17H2,1-4H3,(H,25,26)/t21-/m1/s1. The van der Waals surface area contributed by atoms with Gasteiger partial charge in [-0.25, -0.2) is 4.79 Å². The molecule has 0 heterocycles. The fourth-order valence-corrected chi connectivity index (χ4v) is 2.91. The lowest BCUT2D eigenvalue weighted by atomic mass is 10.0. The summed E-state index contributed by atoms with van der Waals surface area (Å²) >= 11 is 0. The second-order valence-corrected chi connectivity index (χ2v) is 8.20. The van der Waals surface area contributed by atoms with Crippen LogP contribution in [0.4, 0.5) is 4.79 Å². The summed E-state index contributed by atoms with van der Waals surface area (Å²) in [7, 11) is 0. The Kier molecular flexibility index (Phi) is 10.6. The van der Waals surface area contributed by atoms with Gasteiger partial charge in [0.05, 0.1) is 6.07 Å². The molecule has 1 N–H and O–H groups in total. The summed E-state index contributed by atoms with van der Waals surface area (Å²) in [5.74, 6) is 0. The molecule has 0 aliphatic heterocycles. The quantitative estimate of drug-likeness (QED) is 0.489. The molecule has 150 valence electrons. The number of rotatable bonds is 11. The van der Waals surface area contributed by atoms with Gasteiger partial charge in [0.25, 0.3) is 0 Å². The van der Waals surface area contributed by atoms with Gasteiger partial charge in [-0.3, -0.25) is 0 Å². The molecular formula is C23H36N2O2. The van der Waals surface area contributed by atoms with Crippen molar-refractivity contribution in [3.63, 3.8) is 0 Å². The van der Waals surface area contributed by atoms with E-state index in [0.717, 1.165) is 12.8 Å². The van der Waals surface area contributed by atoms with E-state index in [9.17, 15) is 10.1 Å². The van der Waals surface area contributed by atoms with Crippen LogP contribution in [0.15, 0.2) is 24.3 Å². The van der Waals surface area contributed by atoms with E-state index in [0.29, 0.717) is 6.42 Å². The van der Waals surface area contributed by atoms with Gasteiger partial charge in [0.15, 0.2) is 0 Å². The van der Waals surface area contributed by atoms with Gasteiger partial charge < -0.3 is 10.1 Å². The van der Waals surface area contributed by atoms with E-state index in [1.54, 1.807) is 20.8 Å². The first-order valence-corrected chi connectivity index (χ1v) is 10.3. The monoisotopic (exact) mass is 372 g/mol. The smallest absolute Gasteiger partial charge is 0.408 e. The van der Waals surface area contributed by atoms with Gasteiger partial charge in [-0.2, -0.15) is 5.26 Å². The van der Waals surface area contributed by atoms with Crippen molar-refractivity contribution in [1.82, 2.24) is 5.32 Å². The van der Waals surface area contributed by atoms with Gasteiger partial charge in [0, 0.05) is 0 Å². The third-order valence-electron chi connectivity index (χ3n) is 4.41. The number of ether oxygens (including phenoxy) is 1. The first-order valence-electron chi connectivity index (χ1n) is 10.3. The minimum atomic E-state index is -0.560. The van der Waals surface area contributed by atoms with Crippen molar-refractivity contribution in [2.45, 2.75) is 97.1 Å². The van der Waals surface area contributed by atoms with Crippen molar-refractivity contribution in [3.05, 3.63) is 35.4 Å². The Labute approximate surface area is 165 Å². The van der Waals surface area contributed by atoms with Crippen LogP contribution in [0.25, 0.3) is 0 Å². The highest BCUT2D eigenvalue weighted by atomic mass is 16.6. The molecule has 1 aromatic carbocycles. The lowest BCUT2D eigenvalue weighted by Gasteiger charge is -2.21. The summed E-state index contributed by atoms with van der Waals surface area (Å²) in [5, 5.41) is 11.9. The summed E-state index contributed by atoms with van der Waals surface area (Å²) in [6.07, 6.45) is 9.82. The van der Waals surface area contributed by atoms with Crippen LogP contribution < -0.4 is 5.32 Å². The molecule has 0 aliphatic rings. The lowest BCUT2D eigenvalue weighted by molar-refractivity contribution is 0.0514. The third kappa shape index (κ3) is 11.3. The van der Waals surface area contributed by atoms with Crippen LogP contribution >= 0.6 is 0 Å². The summed E-state index contributed by atoms with van der Waals surface area (Å²) in [4.78, 5) is 11.8. The topological polar surface area (TPSA) is 62.1 Å². The van der Waals surface area contributed by atoms with Crippen LogP contribution in [0.3, 0.4) is 0 Å². The molecule has 0 fully saturated rings. The molecule has 1 aromatic rings. The fourth-order valence-electron chi connectivity index (χ4n) is 2.91. The Hall–Kier alpha value is -2.02. The van der Waals surface area contributed by atoms with Gasteiger partial charge in [-0.05, 0) is 57.6 Å². The molecule has 1 rings (SSSR count). The van der Waals surface area contributed by atoms with E-state index in [2.05, 4.69) is 42.6 Å². The molecule has 0 saturated carbocycles. The van der Waals surface area contributed by atoms with Crippen LogP contribution in [-0.2, 0) is 17.6 Å². The maximum atomic E-state index is 11.8. The Morgan fingerprint density at radius 3 is 2.15 bits per heavy atom. The van der Waals surface area contributed by atoms with E-state index in [1.165, 1.54) is 49.7 Å². The molecule has 4 heteroatoms. The van der Waals surface area contributed by atoms with Crippen molar-refractivity contribution in [2.75, 3.05) is 0 Å². The molecule has 27 heavy (non-hydrogen) atoms. The Balaban J connectivity index is 2.33. The van der Waals surface area contributed by atoms with Gasteiger partial charge in [-0.15, -0.1) is 0 Å². The molecule has 1 amide bonds. The predicted molar refractivity (Wildman–Crippen MR) is 111 cm³/mol. The van der Waals surface area contributed by atoms with E-state index in [4.69, 9.17) is 4.74 Å². The van der Waals surface area contributed by atoms with E-state index >= 15 is 0 Å². The van der Waals surface area contributed by atoms with Crippen LogP contribution in [0.2, 0.25) is 0 Å². The normalized spacial score (nSPS) is 12.3. The SMILES string of the molecule is CCCCCCCCc1ccc(CC[C@H](C#N)NC(=O)OC(C)(C)C)cc1. The van der Waals surface area contributed by atoms with Gasteiger partial charge in [0.1, 0.15) is 11.6 Å². The average Bonchev–Trinajstić information content (AvgIpc) is 2.61. The Bertz CT molecular complexity index is 582. The van der Waals surface area contributed by atoms with Crippen LogP contribution in [0, 0.1) is 11.3 Å². The minimum absolute atomic E-state index is 0.539. The zero-order valence-electron chi connectivity index (χ0n) is 17.5. The zero-order valence-corrected chi connectivity index (χ0v) is 17.5. The number of hydrogen-bond donors (Lipinski definition) is 1. The predicted octanol–water partition coefficient (Wildman–Crippen LogP) is 5.94. The van der Waals surface area contributed by atoms with Crippen LogP contribution in [-0.4, -0.2) is 17.7 Å². The number of alkyl carbamates (subject to hydrolysis) is 1. The third-order valence-corrected chi connectivity index (χ3v) is 4.41. The molecule has 1 atom stereocenters. The van der Waals surface area contributed by atoms with Crippen molar-refractivity contribution in [3.8, 4) is 6.07 Å². The van der Waals surface area contributed by atoms with E-state index < -0.39 is 17.7 Å². The van der Waals surface area contributed by atoms with E-state index in [-0.39, 0.29) is 0 Å². The number of benzene rings is 1. The van der Waals surface area contributed by atoms with Crippen molar-refractivity contribution < 1.29 is 9.53 Å². The van der Waals surface area contributed by atoms with Crippen molar-refractivity contribution >= 4 is 6.09 Å². The lowest BCUT2D eigenvalue weighted by Crippen LogP contribution is -2.38. The molecule has 0 unspecified atom stereocenters. The Morgan fingerprint density at radius 2 is 1.59 bits per heavy atom. The summed E-state index contributed by atoms with van der Waals surface area (Å²) in [6.45, 7) is 7.66. The Morgan fingerprint density at radius 1 is 1.04 bits per heavy atom. The molecule has 0 spiro atoms. The second kappa shape index (κ2) is 12.4. The molecular weight excluding hydrogens is 336 g/mol. The average molecular weight is 373 g/mol. The van der Waals surface area contributed by atoms with Crippen LogP contribution in [0.1, 0.15) is 83.8 Å². The molecule has 4 nitrogen and oxygen atoms in total. The molecule has 0 radical (unpaired) electrons. The number of nitrogens with one attached hydrogen (secondary N) is 1. The first-order chi connectivity index (χ1) is 12.8. The van der Waals surface area contributed by atoms with Gasteiger partial charge in [-0.1, -0.05) is 63.3 Å². The minimum Gasteiger partial charge on any atom is -0.444 e. The molecule has 0 aliphatic carbocycles. The maximum Gasteiger partial charge on any atom is 0.408 e. The first kappa shape index (κ1) is 23.0. The number of aryl methyl sites for hydroxylation is 2. The highest BCUT2D eigenvalue weighted by Gasteiger charge is 2.19. The van der Waals surface area contributed by atoms with Gasteiger partial charge in [0.2, 0.25) is 0 Å². The number of nitrogens with zero attached hydrogens (tertiary/aromatic N) is 1. The number of unbranched alkanes of at least 4 members (excludes halogenated alkanes) is 5.